The number of ether oxygens (including phenoxy) is 1. The number of aryl methyl sites for hydroxylation is 1. The van der Waals surface area contributed by atoms with E-state index in [1.807, 2.05) is 6.92 Å². The van der Waals surface area contributed by atoms with Crippen LogP contribution in [0.25, 0.3) is 0 Å². The van der Waals surface area contributed by atoms with Crippen LogP contribution < -0.4 is 5.32 Å². The Morgan fingerprint density at radius 2 is 2.17 bits per heavy atom. The van der Waals surface area contributed by atoms with Gasteiger partial charge in [-0.25, -0.2) is 4.79 Å². The zero-order valence-electron chi connectivity index (χ0n) is 10.2. The van der Waals surface area contributed by atoms with E-state index in [0.717, 1.165) is 5.56 Å². The molecule has 1 aromatic carbocycles. The molecule has 0 aliphatic carbocycles. The monoisotopic (exact) mass is 267 g/mol. The summed E-state index contributed by atoms with van der Waals surface area (Å²) in [5.41, 5.74) is 1.49. The molecule has 18 heavy (non-hydrogen) atoms. The number of carbonyl (C=O) groups excluding carboxylic acids is 2. The van der Waals surface area contributed by atoms with E-state index in [4.69, 9.17) is 16.3 Å². The van der Waals surface area contributed by atoms with Crippen LogP contribution in [0.5, 0.6) is 0 Å². The van der Waals surface area contributed by atoms with Gasteiger partial charge in [-0.2, -0.15) is 0 Å². The zero-order valence-corrected chi connectivity index (χ0v) is 11.0. The zero-order chi connectivity index (χ0) is 13.5. The van der Waals surface area contributed by atoms with Gasteiger partial charge in [0.25, 0.3) is 5.91 Å². The van der Waals surface area contributed by atoms with Crippen LogP contribution in [0.1, 0.15) is 12.5 Å². The molecule has 96 valence electrons. The molecule has 0 radical (unpaired) electrons. The van der Waals surface area contributed by atoms with Crippen molar-refractivity contribution >= 4 is 29.2 Å². The predicted molar refractivity (Wildman–Crippen MR) is 70.6 cm³/mol. The Morgan fingerprint density at radius 3 is 2.83 bits per heavy atom. The van der Waals surface area contributed by atoms with Crippen molar-refractivity contribution in [2.75, 3.05) is 11.9 Å². The summed E-state index contributed by atoms with van der Waals surface area (Å²) >= 11 is 5.82. The summed E-state index contributed by atoms with van der Waals surface area (Å²) in [6.07, 6.45) is 2.79. The highest BCUT2D eigenvalue weighted by atomic mass is 35.5. The molecule has 0 bridgehead atoms. The first-order chi connectivity index (χ1) is 8.52. The van der Waals surface area contributed by atoms with E-state index in [0.29, 0.717) is 10.7 Å². The number of nitrogens with one attached hydrogen (secondary N) is 1. The third kappa shape index (κ3) is 4.59. The van der Waals surface area contributed by atoms with Gasteiger partial charge >= 0.3 is 5.97 Å². The van der Waals surface area contributed by atoms with Crippen LogP contribution in [0.4, 0.5) is 5.69 Å². The number of halogens is 1. The van der Waals surface area contributed by atoms with Crippen LogP contribution in [-0.2, 0) is 14.3 Å². The maximum Gasteiger partial charge on any atom is 0.330 e. The second-order valence-electron chi connectivity index (χ2n) is 3.62. The second-order valence-corrected chi connectivity index (χ2v) is 4.05. The summed E-state index contributed by atoms with van der Waals surface area (Å²) in [5, 5.41) is 3.15. The number of hydrogen-bond acceptors (Lipinski definition) is 3. The highest BCUT2D eigenvalue weighted by Gasteiger charge is 2.07. The van der Waals surface area contributed by atoms with Crippen LogP contribution in [0.2, 0.25) is 5.02 Å². The summed E-state index contributed by atoms with van der Waals surface area (Å²) < 4.78 is 4.72. The molecule has 0 aromatic heterocycles. The first kappa shape index (κ1) is 14.3. The summed E-state index contributed by atoms with van der Waals surface area (Å²) in [5.74, 6) is -0.950. The predicted octanol–water partition coefficient (Wildman–Crippen LogP) is 2.71. The van der Waals surface area contributed by atoms with E-state index in [9.17, 15) is 9.59 Å². The molecule has 1 amide bonds. The van der Waals surface area contributed by atoms with Crippen LogP contribution in [-0.4, -0.2) is 18.5 Å². The lowest BCUT2D eigenvalue weighted by Crippen LogP contribution is -2.20. The quantitative estimate of drug-likeness (QED) is 0.674. The second kappa shape index (κ2) is 6.81. The number of anilines is 1. The van der Waals surface area contributed by atoms with E-state index >= 15 is 0 Å². The molecule has 0 aliphatic rings. The van der Waals surface area contributed by atoms with Crippen molar-refractivity contribution in [3.05, 3.63) is 40.9 Å². The molecule has 0 unspecified atom stereocenters. The molecule has 1 N–H and O–H groups in total. The van der Waals surface area contributed by atoms with E-state index in [1.165, 1.54) is 6.08 Å². The minimum Gasteiger partial charge on any atom is -0.452 e. The van der Waals surface area contributed by atoms with Crippen molar-refractivity contribution in [1.82, 2.24) is 0 Å². The van der Waals surface area contributed by atoms with Crippen molar-refractivity contribution < 1.29 is 14.3 Å². The van der Waals surface area contributed by atoms with Crippen molar-refractivity contribution in [2.45, 2.75) is 13.8 Å². The van der Waals surface area contributed by atoms with E-state index in [-0.39, 0.29) is 6.61 Å². The van der Waals surface area contributed by atoms with Gasteiger partial charge in [0, 0.05) is 16.8 Å². The SMILES string of the molecule is C/C=C/C(=O)OCC(=O)Nc1cc(Cl)ccc1C. The minimum atomic E-state index is -0.546. The molecule has 0 saturated heterocycles. The average Bonchev–Trinajstić information content (AvgIpc) is 2.32. The van der Waals surface area contributed by atoms with Crippen molar-refractivity contribution in [3.63, 3.8) is 0 Å². The standard InChI is InChI=1S/C13H14ClNO3/c1-3-4-13(17)18-8-12(16)15-11-7-10(14)6-5-9(11)2/h3-7H,8H2,1-2H3,(H,15,16)/b4-3+. The Hall–Kier alpha value is -1.81. The summed E-state index contributed by atoms with van der Waals surface area (Å²) in [6, 6.07) is 5.17. The largest absolute Gasteiger partial charge is 0.452 e. The third-order valence-corrected chi connectivity index (χ3v) is 2.36. The van der Waals surface area contributed by atoms with Crippen LogP contribution in [0.15, 0.2) is 30.4 Å². The van der Waals surface area contributed by atoms with Crippen LogP contribution in [0.3, 0.4) is 0 Å². The number of hydrogen-bond donors (Lipinski definition) is 1. The molecule has 0 fully saturated rings. The summed E-state index contributed by atoms with van der Waals surface area (Å²) in [6.45, 7) is 3.21. The average molecular weight is 268 g/mol. The Labute approximate surface area is 111 Å². The first-order valence-corrected chi connectivity index (χ1v) is 5.76. The van der Waals surface area contributed by atoms with Gasteiger partial charge < -0.3 is 10.1 Å². The van der Waals surface area contributed by atoms with Gasteiger partial charge in [-0.05, 0) is 31.5 Å². The first-order valence-electron chi connectivity index (χ1n) is 5.38. The molecule has 0 heterocycles. The molecule has 0 atom stereocenters. The van der Waals surface area contributed by atoms with E-state index in [1.54, 1.807) is 31.2 Å². The Kier molecular flexibility index (Phi) is 5.39. The molecule has 1 aromatic rings. The molecule has 5 heteroatoms. The highest BCUT2D eigenvalue weighted by Crippen LogP contribution is 2.19. The molecule has 4 nitrogen and oxygen atoms in total. The van der Waals surface area contributed by atoms with Crippen molar-refractivity contribution in [2.24, 2.45) is 0 Å². The van der Waals surface area contributed by atoms with Crippen molar-refractivity contribution in [1.29, 1.82) is 0 Å². The molecular formula is C13H14ClNO3. The van der Waals surface area contributed by atoms with Gasteiger partial charge in [0.05, 0.1) is 0 Å². The molecular weight excluding hydrogens is 254 g/mol. The van der Waals surface area contributed by atoms with E-state index < -0.39 is 11.9 Å². The maximum atomic E-state index is 11.5. The summed E-state index contributed by atoms with van der Waals surface area (Å²) in [4.78, 5) is 22.5. The lowest BCUT2D eigenvalue weighted by atomic mass is 10.2. The fraction of sp³-hybridized carbons (Fsp3) is 0.231. The van der Waals surface area contributed by atoms with Gasteiger partial charge in [0.1, 0.15) is 0 Å². The molecule has 0 aliphatic heterocycles. The Balaban J connectivity index is 2.54. The topological polar surface area (TPSA) is 55.4 Å². The minimum absolute atomic E-state index is 0.324. The molecule has 0 spiro atoms. The maximum absolute atomic E-state index is 11.5. The Bertz CT molecular complexity index is 483. The number of allylic oxidation sites excluding steroid dienone is 1. The number of esters is 1. The van der Waals surface area contributed by atoms with E-state index in [2.05, 4.69) is 5.32 Å². The lowest BCUT2D eigenvalue weighted by molar-refractivity contribution is -0.142. The molecule has 0 saturated carbocycles. The fourth-order valence-electron chi connectivity index (χ4n) is 1.24. The number of carbonyl (C=O) groups is 2. The normalized spacial score (nSPS) is 10.4. The molecule has 1 rings (SSSR count). The fourth-order valence-corrected chi connectivity index (χ4v) is 1.41. The highest BCUT2D eigenvalue weighted by molar-refractivity contribution is 6.31. The van der Waals surface area contributed by atoms with Gasteiger partial charge in [0.15, 0.2) is 6.61 Å². The Morgan fingerprint density at radius 1 is 1.44 bits per heavy atom. The number of rotatable bonds is 4. The van der Waals surface area contributed by atoms with Gasteiger partial charge in [0.2, 0.25) is 0 Å². The van der Waals surface area contributed by atoms with Gasteiger partial charge in [-0.3, -0.25) is 4.79 Å². The van der Waals surface area contributed by atoms with Crippen LogP contribution >= 0.6 is 11.6 Å². The van der Waals surface area contributed by atoms with Gasteiger partial charge in [-0.1, -0.05) is 23.7 Å². The smallest absolute Gasteiger partial charge is 0.330 e. The lowest BCUT2D eigenvalue weighted by Gasteiger charge is -2.08. The number of amides is 1. The van der Waals surface area contributed by atoms with Crippen LogP contribution in [0, 0.1) is 6.92 Å². The summed E-state index contributed by atoms with van der Waals surface area (Å²) in [7, 11) is 0. The van der Waals surface area contributed by atoms with Crippen molar-refractivity contribution in [3.8, 4) is 0 Å². The number of benzene rings is 1. The van der Waals surface area contributed by atoms with Gasteiger partial charge in [-0.15, -0.1) is 0 Å². The third-order valence-electron chi connectivity index (χ3n) is 2.12.